The van der Waals surface area contributed by atoms with Crippen molar-refractivity contribution in [2.24, 2.45) is 0 Å². The summed E-state index contributed by atoms with van der Waals surface area (Å²) in [5.74, 6) is 0.0843. The van der Waals surface area contributed by atoms with Crippen LogP contribution in [0.2, 0.25) is 0 Å². The predicted molar refractivity (Wildman–Crippen MR) is 117 cm³/mol. The van der Waals surface area contributed by atoms with Crippen molar-refractivity contribution < 1.29 is 22.7 Å². The van der Waals surface area contributed by atoms with Crippen LogP contribution in [0, 0.1) is 6.92 Å². The van der Waals surface area contributed by atoms with E-state index in [0.717, 1.165) is 34.3 Å². The number of pyridine rings is 1. The lowest BCUT2D eigenvalue weighted by Crippen LogP contribution is -2.24. The SMILES string of the molecule is COc1ccc2c(C)cc3nnc(SC(C)C(=O)Nc4ccccc4C(F)(F)F)n3c2c1. The van der Waals surface area contributed by atoms with Gasteiger partial charge in [-0.1, -0.05) is 23.9 Å². The molecule has 0 fully saturated rings. The molecule has 2 aromatic heterocycles. The first kappa shape index (κ1) is 21.9. The van der Waals surface area contributed by atoms with Gasteiger partial charge in [0.1, 0.15) is 5.75 Å². The third-order valence-corrected chi connectivity index (χ3v) is 6.06. The summed E-state index contributed by atoms with van der Waals surface area (Å²) in [5, 5.41) is 11.5. The molecule has 0 aliphatic carbocycles. The maximum Gasteiger partial charge on any atom is 0.418 e. The van der Waals surface area contributed by atoms with Crippen LogP contribution in [0.25, 0.3) is 16.6 Å². The van der Waals surface area contributed by atoms with E-state index in [1.165, 1.54) is 18.2 Å². The van der Waals surface area contributed by atoms with Gasteiger partial charge in [-0.2, -0.15) is 13.2 Å². The van der Waals surface area contributed by atoms with Crippen LogP contribution in [0.4, 0.5) is 18.9 Å². The Hall–Kier alpha value is -3.27. The highest BCUT2D eigenvalue weighted by Crippen LogP contribution is 2.35. The van der Waals surface area contributed by atoms with Crippen LogP contribution in [0.1, 0.15) is 18.1 Å². The second kappa shape index (κ2) is 8.34. The van der Waals surface area contributed by atoms with Gasteiger partial charge in [-0.15, -0.1) is 10.2 Å². The average molecular weight is 460 g/mol. The van der Waals surface area contributed by atoms with Crippen LogP contribution in [0.15, 0.2) is 53.7 Å². The summed E-state index contributed by atoms with van der Waals surface area (Å²) >= 11 is 1.11. The van der Waals surface area contributed by atoms with Crippen LogP contribution >= 0.6 is 11.8 Å². The van der Waals surface area contributed by atoms with Crippen molar-refractivity contribution in [3.05, 3.63) is 59.7 Å². The highest BCUT2D eigenvalue weighted by Gasteiger charge is 2.34. The molecule has 10 heteroatoms. The molecule has 1 unspecified atom stereocenters. The zero-order valence-electron chi connectivity index (χ0n) is 17.4. The summed E-state index contributed by atoms with van der Waals surface area (Å²) in [4.78, 5) is 12.7. The topological polar surface area (TPSA) is 68.5 Å². The molecular formula is C22H19F3N4O2S. The van der Waals surface area contributed by atoms with Gasteiger partial charge in [0, 0.05) is 11.5 Å². The molecule has 4 rings (SSSR count). The molecule has 166 valence electrons. The Bertz CT molecular complexity index is 1320. The quantitative estimate of drug-likeness (QED) is 0.408. The molecule has 1 amide bonds. The van der Waals surface area contributed by atoms with E-state index in [1.807, 2.05) is 35.6 Å². The number of thioether (sulfide) groups is 1. The summed E-state index contributed by atoms with van der Waals surface area (Å²) in [6, 6.07) is 12.4. The third kappa shape index (κ3) is 4.10. The van der Waals surface area contributed by atoms with E-state index < -0.39 is 22.9 Å². The Kier molecular flexibility index (Phi) is 5.72. The van der Waals surface area contributed by atoms with Crippen molar-refractivity contribution in [2.45, 2.75) is 30.4 Å². The van der Waals surface area contributed by atoms with Gasteiger partial charge in [-0.3, -0.25) is 9.20 Å². The molecule has 0 radical (unpaired) electrons. The lowest BCUT2D eigenvalue weighted by Gasteiger charge is -2.16. The molecule has 0 aliphatic rings. The van der Waals surface area contributed by atoms with Crippen LogP contribution in [-0.4, -0.2) is 32.9 Å². The van der Waals surface area contributed by atoms with Crippen LogP contribution in [-0.2, 0) is 11.0 Å². The molecule has 0 saturated carbocycles. The molecule has 2 aromatic carbocycles. The minimum atomic E-state index is -4.57. The fourth-order valence-corrected chi connectivity index (χ4v) is 4.26. The number of ether oxygens (including phenoxy) is 1. The van der Waals surface area contributed by atoms with Crippen molar-refractivity contribution in [2.75, 3.05) is 12.4 Å². The van der Waals surface area contributed by atoms with Gasteiger partial charge in [-0.05, 0) is 49.7 Å². The van der Waals surface area contributed by atoms with E-state index >= 15 is 0 Å². The Balaban J connectivity index is 1.65. The van der Waals surface area contributed by atoms with E-state index in [-0.39, 0.29) is 5.69 Å². The molecule has 0 aliphatic heterocycles. The second-order valence-corrected chi connectivity index (χ2v) is 8.49. The largest absolute Gasteiger partial charge is 0.497 e. The first-order valence-electron chi connectivity index (χ1n) is 9.65. The van der Waals surface area contributed by atoms with E-state index in [9.17, 15) is 18.0 Å². The molecule has 2 heterocycles. The van der Waals surface area contributed by atoms with Crippen molar-refractivity contribution in [1.29, 1.82) is 0 Å². The number of nitrogens with zero attached hydrogens (tertiary/aromatic N) is 3. The minimum absolute atomic E-state index is 0.283. The summed E-state index contributed by atoms with van der Waals surface area (Å²) in [6.45, 7) is 3.57. The second-order valence-electron chi connectivity index (χ2n) is 7.18. The zero-order chi connectivity index (χ0) is 23.0. The zero-order valence-corrected chi connectivity index (χ0v) is 18.2. The Morgan fingerprint density at radius 2 is 1.91 bits per heavy atom. The number of para-hydroxylation sites is 1. The maximum absolute atomic E-state index is 13.2. The number of rotatable bonds is 5. The number of methoxy groups -OCH3 is 1. The first-order valence-corrected chi connectivity index (χ1v) is 10.5. The monoisotopic (exact) mass is 460 g/mol. The fourth-order valence-electron chi connectivity index (χ4n) is 3.39. The van der Waals surface area contributed by atoms with Gasteiger partial charge in [0.05, 0.1) is 29.1 Å². The number of carbonyl (C=O) groups excluding carboxylic acids is 1. The molecule has 6 nitrogen and oxygen atoms in total. The maximum atomic E-state index is 13.2. The number of anilines is 1. The van der Waals surface area contributed by atoms with Gasteiger partial charge in [0.15, 0.2) is 10.8 Å². The Morgan fingerprint density at radius 3 is 2.62 bits per heavy atom. The number of benzene rings is 2. The smallest absolute Gasteiger partial charge is 0.418 e. The average Bonchev–Trinajstić information content (AvgIpc) is 3.15. The molecule has 1 N–H and O–H groups in total. The van der Waals surface area contributed by atoms with E-state index in [1.54, 1.807) is 14.0 Å². The number of fused-ring (bicyclic) bond motifs is 3. The van der Waals surface area contributed by atoms with E-state index in [4.69, 9.17) is 4.74 Å². The van der Waals surface area contributed by atoms with Gasteiger partial charge < -0.3 is 10.1 Å². The number of amides is 1. The number of carbonyl (C=O) groups is 1. The van der Waals surface area contributed by atoms with E-state index in [0.29, 0.717) is 16.6 Å². The predicted octanol–water partition coefficient (Wildman–Crippen LogP) is 5.34. The normalized spacial score (nSPS) is 12.8. The summed E-state index contributed by atoms with van der Waals surface area (Å²) in [7, 11) is 1.57. The highest BCUT2D eigenvalue weighted by molar-refractivity contribution is 8.00. The summed E-state index contributed by atoms with van der Waals surface area (Å²) in [6.07, 6.45) is -4.57. The number of hydrogen-bond donors (Lipinski definition) is 1. The van der Waals surface area contributed by atoms with Gasteiger partial charge in [0.2, 0.25) is 5.91 Å². The third-order valence-electron chi connectivity index (χ3n) is 5.02. The molecule has 32 heavy (non-hydrogen) atoms. The number of aromatic nitrogens is 3. The van der Waals surface area contributed by atoms with E-state index in [2.05, 4.69) is 15.5 Å². The minimum Gasteiger partial charge on any atom is -0.497 e. The fraction of sp³-hybridized carbons (Fsp3) is 0.227. The standard InChI is InChI=1S/C22H19F3N4O2S/c1-12-10-19-27-28-21(29(19)18-11-14(31-3)8-9-15(12)18)32-13(2)20(30)26-17-7-5-4-6-16(17)22(23,24)25/h4-11,13H,1-3H3,(H,26,30). The Labute approximate surface area is 185 Å². The summed E-state index contributed by atoms with van der Waals surface area (Å²) < 4.78 is 46.8. The molecule has 1 atom stereocenters. The van der Waals surface area contributed by atoms with Crippen molar-refractivity contribution in [1.82, 2.24) is 14.6 Å². The summed E-state index contributed by atoms with van der Waals surface area (Å²) in [5.41, 5.74) is 1.23. The van der Waals surface area contributed by atoms with Gasteiger partial charge >= 0.3 is 6.18 Å². The van der Waals surface area contributed by atoms with Crippen molar-refractivity contribution in [3.8, 4) is 5.75 Å². The number of nitrogens with one attached hydrogen (secondary N) is 1. The van der Waals surface area contributed by atoms with Crippen molar-refractivity contribution >= 4 is 39.9 Å². The molecule has 0 spiro atoms. The van der Waals surface area contributed by atoms with Crippen LogP contribution < -0.4 is 10.1 Å². The number of aryl methyl sites for hydroxylation is 1. The molecule has 0 bridgehead atoms. The number of alkyl halides is 3. The lowest BCUT2D eigenvalue weighted by molar-refractivity contribution is -0.137. The lowest BCUT2D eigenvalue weighted by atomic mass is 10.1. The van der Waals surface area contributed by atoms with Gasteiger partial charge in [0.25, 0.3) is 0 Å². The molecule has 4 aromatic rings. The van der Waals surface area contributed by atoms with Crippen LogP contribution in [0.3, 0.4) is 0 Å². The molecular weight excluding hydrogens is 441 g/mol. The van der Waals surface area contributed by atoms with Crippen LogP contribution in [0.5, 0.6) is 5.75 Å². The molecule has 0 saturated heterocycles. The number of hydrogen-bond acceptors (Lipinski definition) is 5. The van der Waals surface area contributed by atoms with Crippen molar-refractivity contribution in [3.63, 3.8) is 0 Å². The van der Waals surface area contributed by atoms with Gasteiger partial charge in [-0.25, -0.2) is 0 Å². The number of halogens is 3. The first-order chi connectivity index (χ1) is 15.2. The highest BCUT2D eigenvalue weighted by atomic mass is 32.2. The Morgan fingerprint density at radius 1 is 1.16 bits per heavy atom.